The number of nitrogens with one attached hydrogen (secondary N) is 1. The second kappa shape index (κ2) is 8.41. The molecule has 5 N–H and O–H groups in total. The monoisotopic (exact) mass is 390 g/mol. The molecule has 0 aliphatic carbocycles. The quantitative estimate of drug-likeness (QED) is 0.569. The molecule has 7 nitrogen and oxygen atoms in total. The zero-order chi connectivity index (χ0) is 20.1. The van der Waals surface area contributed by atoms with E-state index in [2.05, 4.69) is 21.4 Å². The van der Waals surface area contributed by atoms with Gasteiger partial charge in [-0.25, -0.2) is 4.98 Å². The average molecular weight is 390 g/mol. The third kappa shape index (κ3) is 4.22. The molecular weight excluding hydrogens is 372 g/mol. The molecule has 8 heteroatoms. The van der Waals surface area contributed by atoms with E-state index in [9.17, 15) is 10.1 Å². The van der Waals surface area contributed by atoms with E-state index in [1.807, 2.05) is 18.2 Å². The molecule has 0 radical (unpaired) electrons. The Morgan fingerprint density at radius 2 is 1.96 bits per heavy atom. The number of thioether (sulfide) groups is 1. The number of nitrogen functional groups attached to an aromatic ring is 2. The number of amides is 1. The van der Waals surface area contributed by atoms with E-state index in [0.717, 1.165) is 11.3 Å². The summed E-state index contributed by atoms with van der Waals surface area (Å²) in [4.78, 5) is 19.8. The van der Waals surface area contributed by atoms with Crippen LogP contribution in [-0.4, -0.2) is 15.9 Å². The van der Waals surface area contributed by atoms with Gasteiger partial charge in [-0.15, -0.1) is 0 Å². The number of nitriles is 1. The Morgan fingerprint density at radius 3 is 2.57 bits per heavy atom. The summed E-state index contributed by atoms with van der Waals surface area (Å²) in [5.41, 5.74) is 15.8. The normalized spacial score (nSPS) is 10.3. The van der Waals surface area contributed by atoms with Crippen molar-refractivity contribution in [2.75, 3.05) is 16.8 Å². The first-order chi connectivity index (χ1) is 13.5. The van der Waals surface area contributed by atoms with Crippen LogP contribution in [0.2, 0.25) is 0 Å². The SMILES string of the molecule is CC(=O)Nc1ccc(-c2c(N)c(SCc3ccccn3)nc(N)c2C#N)cc1. The van der Waals surface area contributed by atoms with Gasteiger partial charge in [0.15, 0.2) is 0 Å². The first kappa shape index (κ1) is 19.2. The van der Waals surface area contributed by atoms with Crippen molar-refractivity contribution in [3.05, 3.63) is 59.9 Å². The van der Waals surface area contributed by atoms with Crippen LogP contribution >= 0.6 is 11.8 Å². The highest BCUT2D eigenvalue weighted by Gasteiger charge is 2.18. The number of pyridine rings is 2. The van der Waals surface area contributed by atoms with Crippen LogP contribution < -0.4 is 16.8 Å². The molecule has 140 valence electrons. The van der Waals surface area contributed by atoms with Gasteiger partial charge in [-0.1, -0.05) is 30.0 Å². The van der Waals surface area contributed by atoms with Crippen LogP contribution in [0.5, 0.6) is 0 Å². The Morgan fingerprint density at radius 1 is 1.21 bits per heavy atom. The van der Waals surface area contributed by atoms with Crippen molar-refractivity contribution >= 4 is 34.9 Å². The van der Waals surface area contributed by atoms with Gasteiger partial charge in [0.1, 0.15) is 22.5 Å². The van der Waals surface area contributed by atoms with Gasteiger partial charge >= 0.3 is 0 Å². The van der Waals surface area contributed by atoms with E-state index < -0.39 is 0 Å². The number of carbonyl (C=O) groups excluding carboxylic acids is 1. The fourth-order valence-electron chi connectivity index (χ4n) is 2.67. The number of benzene rings is 1. The number of hydrogen-bond donors (Lipinski definition) is 3. The molecule has 28 heavy (non-hydrogen) atoms. The minimum Gasteiger partial charge on any atom is -0.396 e. The first-order valence-electron chi connectivity index (χ1n) is 8.39. The second-order valence-corrected chi connectivity index (χ2v) is 6.91. The number of nitrogens with two attached hydrogens (primary N) is 2. The third-order valence-electron chi connectivity index (χ3n) is 3.92. The summed E-state index contributed by atoms with van der Waals surface area (Å²) < 4.78 is 0. The van der Waals surface area contributed by atoms with Crippen molar-refractivity contribution in [3.8, 4) is 17.2 Å². The van der Waals surface area contributed by atoms with Crippen LogP contribution in [0, 0.1) is 11.3 Å². The molecule has 2 heterocycles. The molecule has 0 spiro atoms. The van der Waals surface area contributed by atoms with Crippen molar-refractivity contribution in [2.45, 2.75) is 17.7 Å². The van der Waals surface area contributed by atoms with E-state index in [-0.39, 0.29) is 17.3 Å². The Kier molecular flexibility index (Phi) is 5.77. The molecule has 0 aliphatic rings. The molecule has 0 fully saturated rings. The fourth-order valence-corrected chi connectivity index (χ4v) is 3.54. The smallest absolute Gasteiger partial charge is 0.221 e. The summed E-state index contributed by atoms with van der Waals surface area (Å²) in [6, 6.07) is 14.8. The highest BCUT2D eigenvalue weighted by molar-refractivity contribution is 7.98. The molecule has 0 saturated heterocycles. The summed E-state index contributed by atoms with van der Waals surface area (Å²) in [6.45, 7) is 1.44. The molecule has 0 aliphatic heterocycles. The molecule has 2 aromatic heterocycles. The van der Waals surface area contributed by atoms with Crippen molar-refractivity contribution in [3.63, 3.8) is 0 Å². The van der Waals surface area contributed by atoms with E-state index in [1.165, 1.54) is 18.7 Å². The number of carbonyl (C=O) groups is 1. The van der Waals surface area contributed by atoms with Crippen molar-refractivity contribution < 1.29 is 4.79 Å². The molecule has 0 atom stereocenters. The van der Waals surface area contributed by atoms with Crippen LogP contribution in [0.3, 0.4) is 0 Å². The second-order valence-electron chi connectivity index (χ2n) is 5.95. The lowest BCUT2D eigenvalue weighted by atomic mass is 9.99. The lowest BCUT2D eigenvalue weighted by Crippen LogP contribution is -2.06. The van der Waals surface area contributed by atoms with Gasteiger partial charge in [-0.3, -0.25) is 9.78 Å². The van der Waals surface area contributed by atoms with Crippen LogP contribution in [0.25, 0.3) is 11.1 Å². The first-order valence-corrected chi connectivity index (χ1v) is 9.38. The minimum absolute atomic E-state index is 0.126. The predicted octanol–water partition coefficient (Wildman–Crippen LogP) is 3.43. The number of hydrogen-bond acceptors (Lipinski definition) is 7. The lowest BCUT2D eigenvalue weighted by Gasteiger charge is -2.14. The van der Waals surface area contributed by atoms with Crippen LogP contribution in [-0.2, 0) is 10.5 Å². The van der Waals surface area contributed by atoms with Crippen molar-refractivity contribution in [1.29, 1.82) is 5.26 Å². The largest absolute Gasteiger partial charge is 0.396 e. The summed E-state index contributed by atoms with van der Waals surface area (Å²) in [5, 5.41) is 12.8. The zero-order valence-corrected chi connectivity index (χ0v) is 16.0. The molecule has 0 saturated carbocycles. The Labute approximate surface area is 166 Å². The van der Waals surface area contributed by atoms with Gasteiger partial charge < -0.3 is 16.8 Å². The number of rotatable bonds is 5. The maximum Gasteiger partial charge on any atom is 0.221 e. The maximum atomic E-state index is 11.2. The standard InChI is InChI=1S/C20H18N6OS/c1-12(27)25-14-7-5-13(6-8-14)17-16(10-21)19(23)26-20(18(17)22)28-11-15-4-2-3-9-24-15/h2-9H,11,22H2,1H3,(H2,23,26)(H,25,27). The average Bonchev–Trinajstić information content (AvgIpc) is 2.69. The van der Waals surface area contributed by atoms with Crippen molar-refractivity contribution in [1.82, 2.24) is 9.97 Å². The summed E-state index contributed by atoms with van der Waals surface area (Å²) >= 11 is 1.41. The minimum atomic E-state index is -0.161. The lowest BCUT2D eigenvalue weighted by molar-refractivity contribution is -0.114. The molecule has 1 aromatic carbocycles. The van der Waals surface area contributed by atoms with Gasteiger partial charge in [0.2, 0.25) is 5.91 Å². The summed E-state index contributed by atoms with van der Waals surface area (Å²) in [5.74, 6) is 0.539. The summed E-state index contributed by atoms with van der Waals surface area (Å²) in [6.07, 6.45) is 1.72. The highest BCUT2D eigenvalue weighted by atomic mass is 32.2. The number of nitrogens with zero attached hydrogens (tertiary/aromatic N) is 3. The molecule has 0 bridgehead atoms. The van der Waals surface area contributed by atoms with E-state index >= 15 is 0 Å². The van der Waals surface area contributed by atoms with Crippen LogP contribution in [0.1, 0.15) is 18.2 Å². The van der Waals surface area contributed by atoms with Crippen molar-refractivity contribution in [2.24, 2.45) is 0 Å². The maximum absolute atomic E-state index is 11.2. The van der Waals surface area contributed by atoms with Gasteiger partial charge in [0, 0.05) is 30.1 Å². The van der Waals surface area contributed by atoms with Gasteiger partial charge in [0.25, 0.3) is 0 Å². The fraction of sp³-hybridized carbons (Fsp3) is 0.100. The highest BCUT2D eigenvalue weighted by Crippen LogP contribution is 2.39. The molecule has 1 amide bonds. The zero-order valence-electron chi connectivity index (χ0n) is 15.1. The molecule has 3 aromatic rings. The van der Waals surface area contributed by atoms with Gasteiger partial charge in [0.05, 0.1) is 11.4 Å². The molecule has 3 rings (SSSR count). The number of aromatic nitrogens is 2. The topological polar surface area (TPSA) is 131 Å². The Bertz CT molecular complexity index is 1050. The summed E-state index contributed by atoms with van der Waals surface area (Å²) in [7, 11) is 0. The third-order valence-corrected chi connectivity index (χ3v) is 4.94. The Hall–Kier alpha value is -3.57. The molecule has 0 unspecified atom stereocenters. The predicted molar refractivity (Wildman–Crippen MR) is 111 cm³/mol. The number of anilines is 3. The van der Waals surface area contributed by atoms with Gasteiger partial charge in [-0.2, -0.15) is 5.26 Å². The van der Waals surface area contributed by atoms with E-state index in [0.29, 0.717) is 27.7 Å². The van der Waals surface area contributed by atoms with Crippen LogP contribution in [0.15, 0.2) is 53.7 Å². The Balaban J connectivity index is 1.98. The molecular formula is C20H18N6OS. The van der Waals surface area contributed by atoms with E-state index in [4.69, 9.17) is 11.5 Å². The van der Waals surface area contributed by atoms with E-state index in [1.54, 1.807) is 30.5 Å². The van der Waals surface area contributed by atoms with Gasteiger partial charge in [-0.05, 0) is 29.8 Å². The van der Waals surface area contributed by atoms with Crippen LogP contribution in [0.4, 0.5) is 17.2 Å².